The summed E-state index contributed by atoms with van der Waals surface area (Å²) in [5.74, 6) is -0.524. The number of halogens is 1. The minimum Gasteiger partial charge on any atom is -0.343 e. The molecular weight excluding hydrogens is 263 g/mol. The average molecular weight is 278 g/mol. The standard InChI is InChI=1S/C14H15FN2OS/c1-8-6-11(4-5-12(8)15)13(18)17-10(3)14-16-7-9(2)19-14/h4-7,10H,1-3H3,(H,17,18). The summed E-state index contributed by atoms with van der Waals surface area (Å²) >= 11 is 1.55. The van der Waals surface area contributed by atoms with Gasteiger partial charge < -0.3 is 5.32 Å². The van der Waals surface area contributed by atoms with Crippen molar-refractivity contribution in [2.75, 3.05) is 0 Å². The van der Waals surface area contributed by atoms with Crippen LogP contribution < -0.4 is 5.32 Å². The number of nitrogens with one attached hydrogen (secondary N) is 1. The Morgan fingerprint density at radius 2 is 2.16 bits per heavy atom. The number of aryl methyl sites for hydroxylation is 2. The molecule has 1 aromatic heterocycles. The lowest BCUT2D eigenvalue weighted by molar-refractivity contribution is 0.0939. The van der Waals surface area contributed by atoms with Crippen molar-refractivity contribution in [3.05, 3.63) is 51.2 Å². The summed E-state index contributed by atoms with van der Waals surface area (Å²) in [6.07, 6.45) is 1.78. The molecular formula is C14H15FN2OS. The van der Waals surface area contributed by atoms with Gasteiger partial charge in [-0.25, -0.2) is 9.37 Å². The fraction of sp³-hybridized carbons (Fsp3) is 0.286. The Kier molecular flexibility index (Phi) is 3.95. The van der Waals surface area contributed by atoms with E-state index in [9.17, 15) is 9.18 Å². The number of thiazole rings is 1. The molecule has 0 fully saturated rings. The minimum atomic E-state index is -0.305. The van der Waals surface area contributed by atoms with Crippen LogP contribution in [0.3, 0.4) is 0 Å². The summed E-state index contributed by atoms with van der Waals surface area (Å²) in [6.45, 7) is 5.49. The third-order valence-electron chi connectivity index (χ3n) is 2.78. The minimum absolute atomic E-state index is 0.156. The van der Waals surface area contributed by atoms with Crippen LogP contribution in [0.5, 0.6) is 0 Å². The molecule has 0 spiro atoms. The molecule has 100 valence electrons. The highest BCUT2D eigenvalue weighted by atomic mass is 32.1. The van der Waals surface area contributed by atoms with Crippen LogP contribution >= 0.6 is 11.3 Å². The number of benzene rings is 1. The predicted molar refractivity (Wildman–Crippen MR) is 73.9 cm³/mol. The van der Waals surface area contributed by atoms with Crippen LogP contribution in [-0.4, -0.2) is 10.9 Å². The number of nitrogens with zero attached hydrogens (tertiary/aromatic N) is 1. The molecule has 3 nitrogen and oxygen atoms in total. The van der Waals surface area contributed by atoms with Gasteiger partial charge in [-0.05, 0) is 44.5 Å². The third kappa shape index (κ3) is 3.17. The van der Waals surface area contributed by atoms with Gasteiger partial charge in [0.15, 0.2) is 0 Å². The van der Waals surface area contributed by atoms with E-state index in [1.165, 1.54) is 12.1 Å². The van der Waals surface area contributed by atoms with Crippen molar-refractivity contribution in [1.82, 2.24) is 10.3 Å². The van der Waals surface area contributed by atoms with E-state index < -0.39 is 0 Å². The van der Waals surface area contributed by atoms with E-state index >= 15 is 0 Å². The fourth-order valence-electron chi connectivity index (χ4n) is 1.70. The number of aromatic nitrogens is 1. The third-order valence-corrected chi connectivity index (χ3v) is 3.87. The topological polar surface area (TPSA) is 42.0 Å². The number of carbonyl (C=O) groups excluding carboxylic acids is 1. The molecule has 0 aliphatic carbocycles. The Bertz CT molecular complexity index is 609. The maximum atomic E-state index is 13.2. The molecule has 1 unspecified atom stereocenters. The first kappa shape index (κ1) is 13.7. The van der Waals surface area contributed by atoms with Gasteiger partial charge in [-0.15, -0.1) is 11.3 Å². The van der Waals surface area contributed by atoms with Gasteiger partial charge >= 0.3 is 0 Å². The van der Waals surface area contributed by atoms with E-state index in [-0.39, 0.29) is 17.8 Å². The van der Waals surface area contributed by atoms with Crippen molar-refractivity contribution in [1.29, 1.82) is 0 Å². The zero-order valence-electron chi connectivity index (χ0n) is 11.0. The Balaban J connectivity index is 2.10. The number of hydrogen-bond donors (Lipinski definition) is 1. The second-order valence-corrected chi connectivity index (χ2v) is 5.73. The van der Waals surface area contributed by atoms with Gasteiger partial charge in [-0.2, -0.15) is 0 Å². The van der Waals surface area contributed by atoms with Crippen molar-refractivity contribution in [2.24, 2.45) is 0 Å². The molecule has 19 heavy (non-hydrogen) atoms. The Morgan fingerprint density at radius 1 is 1.42 bits per heavy atom. The summed E-state index contributed by atoms with van der Waals surface area (Å²) in [5.41, 5.74) is 0.921. The van der Waals surface area contributed by atoms with Crippen LogP contribution in [0.25, 0.3) is 0 Å². The lowest BCUT2D eigenvalue weighted by Gasteiger charge is -2.11. The number of amides is 1. The van der Waals surface area contributed by atoms with Gasteiger partial charge in [0.25, 0.3) is 5.91 Å². The lowest BCUT2D eigenvalue weighted by Crippen LogP contribution is -2.26. The van der Waals surface area contributed by atoms with Gasteiger partial charge in [0, 0.05) is 16.6 Å². The van der Waals surface area contributed by atoms with E-state index in [2.05, 4.69) is 10.3 Å². The Labute approximate surface area is 115 Å². The van der Waals surface area contributed by atoms with E-state index in [0.29, 0.717) is 11.1 Å². The molecule has 2 rings (SSSR count). The van der Waals surface area contributed by atoms with Crippen LogP contribution in [0, 0.1) is 19.7 Å². The van der Waals surface area contributed by atoms with E-state index in [1.54, 1.807) is 30.5 Å². The summed E-state index contributed by atoms with van der Waals surface area (Å²) < 4.78 is 13.2. The molecule has 0 bridgehead atoms. The normalized spacial score (nSPS) is 12.2. The number of hydrogen-bond acceptors (Lipinski definition) is 3. The van der Waals surface area contributed by atoms with E-state index in [1.807, 2.05) is 13.8 Å². The zero-order valence-corrected chi connectivity index (χ0v) is 11.8. The van der Waals surface area contributed by atoms with Gasteiger partial charge in [0.1, 0.15) is 10.8 Å². The van der Waals surface area contributed by atoms with E-state index in [4.69, 9.17) is 0 Å². The first-order valence-electron chi connectivity index (χ1n) is 5.96. The molecule has 0 aliphatic rings. The first-order chi connectivity index (χ1) is 8.97. The van der Waals surface area contributed by atoms with Crippen molar-refractivity contribution < 1.29 is 9.18 Å². The smallest absolute Gasteiger partial charge is 0.251 e. The molecule has 0 saturated heterocycles. The summed E-state index contributed by atoms with van der Waals surface area (Å²) in [4.78, 5) is 17.4. The SMILES string of the molecule is Cc1cnc(C(C)NC(=O)c2ccc(F)c(C)c2)s1. The maximum absolute atomic E-state index is 13.2. The largest absolute Gasteiger partial charge is 0.343 e. The summed E-state index contributed by atoms with van der Waals surface area (Å²) in [6, 6.07) is 4.18. The lowest BCUT2D eigenvalue weighted by atomic mass is 10.1. The van der Waals surface area contributed by atoms with Crippen LogP contribution in [0.2, 0.25) is 0 Å². The van der Waals surface area contributed by atoms with Crippen molar-refractivity contribution in [2.45, 2.75) is 26.8 Å². The number of rotatable bonds is 3. The Morgan fingerprint density at radius 3 is 2.74 bits per heavy atom. The quantitative estimate of drug-likeness (QED) is 0.935. The van der Waals surface area contributed by atoms with Crippen LogP contribution in [0.1, 0.15) is 38.8 Å². The van der Waals surface area contributed by atoms with Gasteiger partial charge in [-0.3, -0.25) is 4.79 Å². The highest BCUT2D eigenvalue weighted by Gasteiger charge is 2.14. The molecule has 0 saturated carbocycles. The maximum Gasteiger partial charge on any atom is 0.251 e. The fourth-order valence-corrected chi connectivity index (χ4v) is 2.48. The molecule has 1 aromatic carbocycles. The molecule has 1 amide bonds. The first-order valence-corrected chi connectivity index (χ1v) is 6.78. The molecule has 0 radical (unpaired) electrons. The monoisotopic (exact) mass is 278 g/mol. The molecule has 2 aromatic rings. The highest BCUT2D eigenvalue weighted by Crippen LogP contribution is 2.19. The molecule has 1 N–H and O–H groups in total. The molecule has 0 aliphatic heterocycles. The predicted octanol–water partition coefficient (Wildman–Crippen LogP) is 3.39. The summed E-state index contributed by atoms with van der Waals surface area (Å²) in [7, 11) is 0. The molecule has 1 atom stereocenters. The van der Waals surface area contributed by atoms with Crippen LogP contribution in [0.4, 0.5) is 4.39 Å². The highest BCUT2D eigenvalue weighted by molar-refractivity contribution is 7.11. The van der Waals surface area contributed by atoms with Crippen molar-refractivity contribution in [3.63, 3.8) is 0 Å². The zero-order chi connectivity index (χ0) is 14.0. The average Bonchev–Trinajstić information content (AvgIpc) is 2.79. The van der Waals surface area contributed by atoms with Gasteiger partial charge in [-0.1, -0.05) is 0 Å². The Hall–Kier alpha value is -1.75. The van der Waals surface area contributed by atoms with E-state index in [0.717, 1.165) is 9.88 Å². The molecule has 1 heterocycles. The summed E-state index contributed by atoms with van der Waals surface area (Å²) in [5, 5.41) is 3.72. The van der Waals surface area contributed by atoms with Gasteiger partial charge in [0.2, 0.25) is 0 Å². The second-order valence-electron chi connectivity index (χ2n) is 4.47. The molecule has 5 heteroatoms. The number of carbonyl (C=O) groups is 1. The second kappa shape index (κ2) is 5.48. The van der Waals surface area contributed by atoms with Crippen LogP contribution in [0.15, 0.2) is 24.4 Å². The van der Waals surface area contributed by atoms with Gasteiger partial charge in [0.05, 0.1) is 6.04 Å². The van der Waals surface area contributed by atoms with Crippen molar-refractivity contribution >= 4 is 17.2 Å². The van der Waals surface area contributed by atoms with Crippen LogP contribution in [-0.2, 0) is 0 Å². The van der Waals surface area contributed by atoms with Crippen molar-refractivity contribution in [3.8, 4) is 0 Å².